The lowest BCUT2D eigenvalue weighted by molar-refractivity contribution is -0.126. The first kappa shape index (κ1) is 17.4. The average Bonchev–Trinajstić information content (AvgIpc) is 3.17. The van der Waals surface area contributed by atoms with Gasteiger partial charge in [-0.15, -0.1) is 0 Å². The molecule has 0 aliphatic carbocycles. The molecular weight excluding hydrogens is 364 g/mol. The Kier molecular flexibility index (Phi) is 5.29. The molecule has 0 radical (unpaired) electrons. The van der Waals surface area contributed by atoms with Gasteiger partial charge in [-0.3, -0.25) is 14.5 Å². The third kappa shape index (κ3) is 4.15. The van der Waals surface area contributed by atoms with Gasteiger partial charge in [-0.05, 0) is 12.1 Å². The van der Waals surface area contributed by atoms with Crippen molar-refractivity contribution in [2.24, 2.45) is 0 Å². The number of hydrogen-bond acceptors (Lipinski definition) is 7. The van der Waals surface area contributed by atoms with E-state index in [-0.39, 0.29) is 18.1 Å². The van der Waals surface area contributed by atoms with Crippen LogP contribution in [0.5, 0.6) is 0 Å². The molecule has 2 amide bonds. The van der Waals surface area contributed by atoms with Crippen LogP contribution in [-0.4, -0.2) is 61.8 Å². The zero-order valence-electron chi connectivity index (χ0n) is 13.0. The van der Waals surface area contributed by atoms with Crippen LogP contribution in [0.1, 0.15) is 10.5 Å². The Bertz CT molecular complexity index is 802. The van der Waals surface area contributed by atoms with Gasteiger partial charge in [-0.2, -0.15) is 0 Å². The zero-order valence-corrected chi connectivity index (χ0v) is 14.6. The Hall–Kier alpha value is -2.46. The summed E-state index contributed by atoms with van der Waals surface area (Å²) in [5, 5.41) is 2.58. The third-order valence-electron chi connectivity index (χ3n) is 3.41. The fourth-order valence-corrected chi connectivity index (χ4v) is 3.31. The number of aromatic nitrogens is 2. The predicted octanol–water partition coefficient (Wildman–Crippen LogP) is 0.468. The molecule has 3 rings (SSSR count). The van der Waals surface area contributed by atoms with E-state index in [1.165, 1.54) is 22.9 Å². The van der Waals surface area contributed by atoms with E-state index < -0.39 is 18.5 Å². The minimum Gasteiger partial charge on any atom is -0.451 e. The Labute approximate surface area is 152 Å². The number of nitrogens with zero attached hydrogens (tertiary/aromatic N) is 3. The van der Waals surface area contributed by atoms with Gasteiger partial charge in [0.1, 0.15) is 9.97 Å². The van der Waals surface area contributed by atoms with Crippen LogP contribution in [0.3, 0.4) is 0 Å². The number of carbonyl (C=O) groups excluding carboxylic acids is 3. The van der Waals surface area contributed by atoms with Crippen LogP contribution >= 0.6 is 24.0 Å². The normalized spacial score (nSPS) is 14.2. The molecule has 1 fully saturated rings. The minimum absolute atomic E-state index is 0.0671. The number of pyridine rings is 1. The second kappa shape index (κ2) is 7.62. The highest BCUT2D eigenvalue weighted by atomic mass is 32.2. The molecule has 0 unspecified atom stereocenters. The molecule has 3 heterocycles. The summed E-state index contributed by atoms with van der Waals surface area (Å²) in [7, 11) is 0. The van der Waals surface area contributed by atoms with Crippen molar-refractivity contribution in [2.45, 2.75) is 0 Å². The van der Waals surface area contributed by atoms with E-state index in [2.05, 4.69) is 10.3 Å². The van der Waals surface area contributed by atoms with Gasteiger partial charge in [0.25, 0.3) is 5.91 Å². The predicted molar refractivity (Wildman–Crippen MR) is 95.3 cm³/mol. The lowest BCUT2D eigenvalue weighted by Gasteiger charge is -2.14. The van der Waals surface area contributed by atoms with Gasteiger partial charge in [0.2, 0.25) is 5.91 Å². The van der Waals surface area contributed by atoms with Crippen molar-refractivity contribution in [3.05, 3.63) is 36.3 Å². The minimum atomic E-state index is -0.675. The van der Waals surface area contributed by atoms with Gasteiger partial charge < -0.3 is 14.5 Å². The molecular formula is C15H14N4O4S2. The Morgan fingerprint density at radius 3 is 2.96 bits per heavy atom. The molecule has 0 bridgehead atoms. The Morgan fingerprint density at radius 1 is 1.40 bits per heavy atom. The van der Waals surface area contributed by atoms with Gasteiger partial charge >= 0.3 is 5.97 Å². The van der Waals surface area contributed by atoms with Gasteiger partial charge in [0.15, 0.2) is 12.3 Å². The fraction of sp³-hybridized carbons (Fsp3) is 0.267. The number of thiocarbonyl (C=S) groups is 1. The highest BCUT2D eigenvalue weighted by molar-refractivity contribution is 8.23. The summed E-state index contributed by atoms with van der Waals surface area (Å²) in [6.07, 6.45) is 3.29. The van der Waals surface area contributed by atoms with Crippen molar-refractivity contribution in [2.75, 3.05) is 25.4 Å². The number of ether oxygens (including phenoxy) is 1. The van der Waals surface area contributed by atoms with Crippen molar-refractivity contribution >= 4 is 51.7 Å². The fourth-order valence-electron chi connectivity index (χ4n) is 2.19. The maximum Gasteiger partial charge on any atom is 0.359 e. The first-order valence-electron chi connectivity index (χ1n) is 7.39. The Morgan fingerprint density at radius 2 is 2.24 bits per heavy atom. The maximum atomic E-state index is 11.9. The van der Waals surface area contributed by atoms with Crippen molar-refractivity contribution in [3.8, 4) is 0 Å². The van der Waals surface area contributed by atoms with Gasteiger partial charge in [0, 0.05) is 25.5 Å². The molecule has 0 saturated carbocycles. The van der Waals surface area contributed by atoms with Crippen molar-refractivity contribution in [1.82, 2.24) is 19.6 Å². The van der Waals surface area contributed by atoms with E-state index in [1.807, 2.05) is 6.07 Å². The summed E-state index contributed by atoms with van der Waals surface area (Å²) in [5.74, 6) is -0.861. The first-order valence-corrected chi connectivity index (χ1v) is 8.78. The van der Waals surface area contributed by atoms with E-state index in [0.717, 1.165) is 0 Å². The van der Waals surface area contributed by atoms with Crippen LogP contribution < -0.4 is 5.32 Å². The summed E-state index contributed by atoms with van der Waals surface area (Å²) in [5.41, 5.74) is 0.743. The number of imidazole rings is 1. The van der Waals surface area contributed by atoms with Crippen LogP contribution in [0.4, 0.5) is 0 Å². The lowest BCUT2D eigenvalue weighted by atomic mass is 10.5. The maximum absolute atomic E-state index is 11.9. The highest BCUT2D eigenvalue weighted by Crippen LogP contribution is 2.18. The van der Waals surface area contributed by atoms with Crippen LogP contribution in [0.25, 0.3) is 5.65 Å². The van der Waals surface area contributed by atoms with E-state index >= 15 is 0 Å². The van der Waals surface area contributed by atoms with Gasteiger partial charge in [0.05, 0.1) is 5.75 Å². The standard InChI is InChI=1S/C15H14N4O4S2/c20-12(16-4-6-19-13(21)9-25-15(19)24)8-23-14(22)10-7-18-5-2-1-3-11(18)17-10/h1-3,5,7H,4,6,8-9H2,(H,16,20). The highest BCUT2D eigenvalue weighted by Gasteiger charge is 2.26. The largest absolute Gasteiger partial charge is 0.451 e. The monoisotopic (exact) mass is 378 g/mol. The van der Waals surface area contributed by atoms with Crippen molar-refractivity contribution in [1.29, 1.82) is 0 Å². The molecule has 8 nitrogen and oxygen atoms in total. The summed E-state index contributed by atoms with van der Waals surface area (Å²) in [6, 6.07) is 5.37. The molecule has 1 aliphatic heterocycles. The van der Waals surface area contributed by atoms with Gasteiger partial charge in [-0.1, -0.05) is 30.0 Å². The lowest BCUT2D eigenvalue weighted by Crippen LogP contribution is -2.38. The van der Waals surface area contributed by atoms with E-state index in [1.54, 1.807) is 22.7 Å². The molecule has 1 saturated heterocycles. The van der Waals surface area contributed by atoms with Gasteiger partial charge in [-0.25, -0.2) is 9.78 Å². The second-order valence-electron chi connectivity index (χ2n) is 5.12. The molecule has 2 aromatic rings. The number of rotatable bonds is 6. The molecule has 0 spiro atoms. The average molecular weight is 378 g/mol. The Balaban J connectivity index is 1.43. The van der Waals surface area contributed by atoms with Crippen LogP contribution in [-0.2, 0) is 14.3 Å². The van der Waals surface area contributed by atoms with Crippen LogP contribution in [0, 0.1) is 0 Å². The van der Waals surface area contributed by atoms with Crippen LogP contribution in [0.2, 0.25) is 0 Å². The summed E-state index contributed by atoms with van der Waals surface area (Å²) < 4.78 is 7.14. The van der Waals surface area contributed by atoms with Crippen molar-refractivity contribution in [3.63, 3.8) is 0 Å². The van der Waals surface area contributed by atoms with E-state index in [0.29, 0.717) is 22.3 Å². The molecule has 1 aliphatic rings. The summed E-state index contributed by atoms with van der Waals surface area (Å²) in [4.78, 5) is 40.8. The number of thioether (sulfide) groups is 1. The molecule has 1 N–H and O–H groups in total. The van der Waals surface area contributed by atoms with Crippen molar-refractivity contribution < 1.29 is 19.1 Å². The number of carbonyl (C=O) groups is 3. The third-order valence-corrected chi connectivity index (χ3v) is 4.84. The smallest absolute Gasteiger partial charge is 0.359 e. The second-order valence-corrected chi connectivity index (χ2v) is 6.73. The van der Waals surface area contributed by atoms with Crippen LogP contribution in [0.15, 0.2) is 30.6 Å². The number of amides is 2. The number of esters is 1. The molecule has 25 heavy (non-hydrogen) atoms. The number of nitrogens with one attached hydrogen (secondary N) is 1. The number of fused-ring (bicyclic) bond motifs is 1. The summed E-state index contributed by atoms with van der Waals surface area (Å²) >= 11 is 6.34. The molecule has 2 aromatic heterocycles. The molecule has 0 atom stereocenters. The topological polar surface area (TPSA) is 93.0 Å². The first-order chi connectivity index (χ1) is 12.0. The quantitative estimate of drug-likeness (QED) is 0.577. The number of hydrogen-bond donors (Lipinski definition) is 1. The molecule has 130 valence electrons. The summed E-state index contributed by atoms with van der Waals surface area (Å²) in [6.45, 7) is 0.119. The SMILES string of the molecule is O=C(COC(=O)c1cn2ccccc2n1)NCCN1C(=O)CSC1=S. The molecule has 0 aromatic carbocycles. The van der Waals surface area contributed by atoms with E-state index in [9.17, 15) is 14.4 Å². The molecule has 10 heteroatoms. The van der Waals surface area contributed by atoms with E-state index in [4.69, 9.17) is 17.0 Å². The zero-order chi connectivity index (χ0) is 17.8.